The Bertz CT molecular complexity index is 1310. The number of fused-ring (bicyclic) bond motifs is 2. The summed E-state index contributed by atoms with van der Waals surface area (Å²) >= 11 is 0. The van der Waals surface area contributed by atoms with Crippen molar-refractivity contribution in [1.82, 2.24) is 10.2 Å². The second-order valence-corrected chi connectivity index (χ2v) is 10.3. The summed E-state index contributed by atoms with van der Waals surface area (Å²) in [5.74, 6) is -0.792. The van der Waals surface area contributed by atoms with Crippen LogP contribution in [0.2, 0.25) is 0 Å². The van der Waals surface area contributed by atoms with Crippen LogP contribution in [-0.2, 0) is 23.1 Å². The highest BCUT2D eigenvalue weighted by Crippen LogP contribution is 2.44. The molecule has 0 spiro atoms. The topological polar surface area (TPSA) is 181 Å². The molecule has 2 aromatic rings. The zero-order valence-corrected chi connectivity index (χ0v) is 22.4. The Hall–Kier alpha value is -4.23. The number of rotatable bonds is 8. The van der Waals surface area contributed by atoms with Gasteiger partial charge in [-0.05, 0) is 85.5 Å². The second-order valence-electron chi connectivity index (χ2n) is 10.3. The summed E-state index contributed by atoms with van der Waals surface area (Å²) in [6.07, 6.45) is 3.14. The van der Waals surface area contributed by atoms with Crippen molar-refractivity contribution in [1.29, 1.82) is 5.26 Å². The van der Waals surface area contributed by atoms with Gasteiger partial charge in [0.05, 0.1) is 18.0 Å². The summed E-state index contributed by atoms with van der Waals surface area (Å²) in [5, 5.41) is 12.7. The van der Waals surface area contributed by atoms with Crippen LogP contribution in [0.4, 0.5) is 0 Å². The monoisotopic (exact) mass is 529 g/mol. The molecular formula is C29H35N7O3. The van der Waals surface area contributed by atoms with Crippen LogP contribution in [0.15, 0.2) is 41.4 Å². The molecule has 1 fully saturated rings. The number of nitrogens with two attached hydrogens (primary N) is 3. The molecule has 1 saturated heterocycles. The summed E-state index contributed by atoms with van der Waals surface area (Å²) in [5.41, 5.74) is 21.4. The molecule has 0 radical (unpaired) electrons. The molecule has 0 bridgehead atoms. The minimum absolute atomic E-state index is 0.0829. The number of hydrogen-bond acceptors (Lipinski definition) is 6. The first-order chi connectivity index (χ1) is 18.6. The van der Waals surface area contributed by atoms with E-state index in [1.807, 2.05) is 19.1 Å². The lowest BCUT2D eigenvalue weighted by molar-refractivity contribution is -0.130. The molecule has 2 atom stereocenters. The van der Waals surface area contributed by atoms with Gasteiger partial charge in [-0.25, -0.2) is 0 Å². The van der Waals surface area contributed by atoms with Gasteiger partial charge in [0.25, 0.3) is 0 Å². The number of carbonyl (C=O) groups excluding carboxylic acids is 3. The molecule has 39 heavy (non-hydrogen) atoms. The Morgan fingerprint density at radius 3 is 2.13 bits per heavy atom. The fourth-order valence-corrected chi connectivity index (χ4v) is 6.04. The number of likely N-dealkylation sites (tertiary alicyclic amines) is 1. The zero-order valence-electron chi connectivity index (χ0n) is 22.4. The van der Waals surface area contributed by atoms with E-state index in [1.54, 1.807) is 36.2 Å². The van der Waals surface area contributed by atoms with Gasteiger partial charge in [-0.15, -0.1) is 0 Å². The Morgan fingerprint density at radius 2 is 1.64 bits per heavy atom. The van der Waals surface area contributed by atoms with E-state index < -0.39 is 17.2 Å². The van der Waals surface area contributed by atoms with Crippen molar-refractivity contribution in [2.75, 3.05) is 20.1 Å². The molecule has 204 valence electrons. The number of carbonyl (C=O) groups is 3. The van der Waals surface area contributed by atoms with E-state index in [1.165, 1.54) is 0 Å². The normalized spacial score (nSPS) is 18.8. The molecule has 2 aliphatic rings. The molecule has 3 amide bonds. The van der Waals surface area contributed by atoms with Crippen molar-refractivity contribution in [3.8, 4) is 6.07 Å². The lowest BCUT2D eigenvalue weighted by Gasteiger charge is -2.38. The third-order valence-electron chi connectivity index (χ3n) is 7.98. The third kappa shape index (κ3) is 5.22. The summed E-state index contributed by atoms with van der Waals surface area (Å²) in [7, 11) is 1.63. The van der Waals surface area contributed by atoms with Crippen LogP contribution in [0.1, 0.15) is 69.2 Å². The molecule has 7 N–H and O–H groups in total. The van der Waals surface area contributed by atoms with E-state index in [0.717, 1.165) is 28.7 Å². The van der Waals surface area contributed by atoms with E-state index in [0.29, 0.717) is 49.2 Å². The van der Waals surface area contributed by atoms with Gasteiger partial charge < -0.3 is 27.4 Å². The quantitative estimate of drug-likeness (QED) is 0.294. The molecule has 1 aliphatic carbocycles. The van der Waals surface area contributed by atoms with Gasteiger partial charge >= 0.3 is 0 Å². The van der Waals surface area contributed by atoms with Crippen LogP contribution in [0.25, 0.3) is 0 Å². The van der Waals surface area contributed by atoms with Gasteiger partial charge in [0.15, 0.2) is 0 Å². The first-order valence-corrected chi connectivity index (χ1v) is 13.1. The number of nitriles is 1. The third-order valence-corrected chi connectivity index (χ3v) is 7.98. The number of amidine groups is 1. The number of nitrogens with zero attached hydrogens (tertiary/aromatic N) is 3. The predicted octanol–water partition coefficient (Wildman–Crippen LogP) is 1.14. The van der Waals surface area contributed by atoms with Gasteiger partial charge in [0, 0.05) is 30.8 Å². The maximum absolute atomic E-state index is 12.9. The van der Waals surface area contributed by atoms with Crippen molar-refractivity contribution in [2.45, 2.75) is 56.5 Å². The average molecular weight is 530 g/mol. The molecule has 1 unspecified atom stereocenters. The van der Waals surface area contributed by atoms with Gasteiger partial charge in [0.2, 0.25) is 17.7 Å². The minimum atomic E-state index is -0.916. The predicted molar refractivity (Wildman–Crippen MR) is 148 cm³/mol. The summed E-state index contributed by atoms with van der Waals surface area (Å²) in [6.45, 7) is 2.64. The first kappa shape index (κ1) is 27.8. The number of nitrogens with one attached hydrogen (secondary N) is 1. The Morgan fingerprint density at radius 1 is 1.08 bits per heavy atom. The van der Waals surface area contributed by atoms with Crippen molar-refractivity contribution in [3.63, 3.8) is 0 Å². The number of primary amides is 2. The lowest BCUT2D eigenvalue weighted by Crippen LogP contribution is -2.49. The summed E-state index contributed by atoms with van der Waals surface area (Å²) in [4.78, 5) is 43.0. The molecule has 1 heterocycles. The Balaban J connectivity index is 1.77. The molecular weight excluding hydrogens is 494 g/mol. The van der Waals surface area contributed by atoms with Crippen LogP contribution >= 0.6 is 0 Å². The van der Waals surface area contributed by atoms with Gasteiger partial charge in [-0.3, -0.25) is 19.4 Å². The van der Waals surface area contributed by atoms with E-state index in [-0.39, 0.29) is 24.5 Å². The molecule has 1 aliphatic heterocycles. The zero-order chi connectivity index (χ0) is 28.3. The molecule has 10 nitrogen and oxygen atoms in total. The second kappa shape index (κ2) is 11.3. The van der Waals surface area contributed by atoms with E-state index >= 15 is 0 Å². The largest absolute Gasteiger partial charge is 0.386 e. The first-order valence-electron chi connectivity index (χ1n) is 13.1. The number of amides is 3. The highest BCUT2D eigenvalue weighted by atomic mass is 16.2. The average Bonchev–Trinajstić information content (AvgIpc) is 3.37. The Labute approximate surface area is 228 Å². The van der Waals surface area contributed by atoms with Gasteiger partial charge in [0.1, 0.15) is 11.9 Å². The van der Waals surface area contributed by atoms with Crippen molar-refractivity contribution >= 4 is 23.6 Å². The van der Waals surface area contributed by atoms with Gasteiger partial charge in [-0.2, -0.15) is 5.26 Å². The summed E-state index contributed by atoms with van der Waals surface area (Å²) < 4.78 is 0. The van der Waals surface area contributed by atoms with Crippen molar-refractivity contribution in [2.24, 2.45) is 22.2 Å². The maximum Gasteiger partial charge on any atom is 0.248 e. The van der Waals surface area contributed by atoms with Crippen LogP contribution in [-0.4, -0.2) is 60.7 Å². The van der Waals surface area contributed by atoms with Crippen LogP contribution < -0.4 is 22.5 Å². The number of hydrogen-bond donors (Lipinski definition) is 4. The minimum Gasteiger partial charge on any atom is -0.386 e. The fourth-order valence-electron chi connectivity index (χ4n) is 6.04. The highest BCUT2D eigenvalue weighted by molar-refractivity contribution is 5.98. The summed E-state index contributed by atoms with van der Waals surface area (Å²) in [6, 6.07) is 12.4. The molecule has 0 aromatic heterocycles. The van der Waals surface area contributed by atoms with Crippen LogP contribution in [0.5, 0.6) is 0 Å². The maximum atomic E-state index is 12.9. The Kier molecular flexibility index (Phi) is 8.02. The van der Waals surface area contributed by atoms with Crippen LogP contribution in [0, 0.1) is 11.3 Å². The standard InChI is InChI=1S/C29H35N7O3/c1-17(35-16-25(37)36-11-3-4-22(36)15-30)14-29(28(33)34-2)23-9-7-20(26(31)38)12-18(23)5-6-19-13-21(27(32)39)8-10-24(19)29/h7-10,12-13,17,22,35H,3-6,11,14,16H2,1-2H3,(H2,31,38)(H2,32,39)(H2,33,34)/t17-,22?/m1/s1. The SMILES string of the molecule is CN=C(N)C1(C[C@@H](C)NCC(=O)N2CCCC2C#N)c2ccc(C(N)=O)cc2CCc2cc(C(N)=O)ccc21. The molecule has 2 aromatic carbocycles. The number of aliphatic imine (C=N–C) groups is 1. The lowest BCUT2D eigenvalue weighted by atomic mass is 9.67. The fraction of sp³-hybridized carbons (Fsp3) is 0.414. The van der Waals surface area contributed by atoms with Crippen molar-refractivity contribution in [3.05, 3.63) is 69.8 Å². The van der Waals surface area contributed by atoms with Gasteiger partial charge in [-0.1, -0.05) is 12.1 Å². The molecule has 10 heteroatoms. The molecule has 4 rings (SSSR count). The molecule has 0 saturated carbocycles. The highest BCUT2D eigenvalue weighted by Gasteiger charge is 2.44. The number of benzene rings is 2. The van der Waals surface area contributed by atoms with Crippen molar-refractivity contribution < 1.29 is 14.4 Å². The smallest absolute Gasteiger partial charge is 0.248 e. The van der Waals surface area contributed by atoms with E-state index in [2.05, 4.69) is 16.4 Å². The number of aryl methyl sites for hydroxylation is 2. The van der Waals surface area contributed by atoms with E-state index in [4.69, 9.17) is 17.2 Å². The van der Waals surface area contributed by atoms with Crippen LogP contribution in [0.3, 0.4) is 0 Å². The van der Waals surface area contributed by atoms with E-state index in [9.17, 15) is 19.6 Å².